The number of hydrogen-bond acceptors (Lipinski definition) is 1. The van der Waals surface area contributed by atoms with E-state index in [0.29, 0.717) is 18.8 Å². The van der Waals surface area contributed by atoms with Gasteiger partial charge in [-0.1, -0.05) is 13.3 Å². The van der Waals surface area contributed by atoms with Crippen LogP contribution in [0.4, 0.5) is 0 Å². The van der Waals surface area contributed by atoms with Crippen LogP contribution in [-0.2, 0) is 4.79 Å². The van der Waals surface area contributed by atoms with Crippen molar-refractivity contribution in [3.05, 3.63) is 0 Å². The van der Waals surface area contributed by atoms with Crippen LogP contribution in [0.15, 0.2) is 0 Å². The second kappa shape index (κ2) is 7.86. The summed E-state index contributed by atoms with van der Waals surface area (Å²) in [6.07, 6.45) is 3.56. The number of unbranched alkanes of at least 4 members (excludes halogenated alkanes) is 1. The van der Waals surface area contributed by atoms with Gasteiger partial charge in [0.15, 0.2) is 0 Å². The predicted molar refractivity (Wildman–Crippen MR) is 47.9 cm³/mol. The zero-order valence-corrected chi connectivity index (χ0v) is 7.78. The first-order valence-electron chi connectivity index (χ1n) is 4.14. The Bertz CT molecular complexity index is 106. The molecule has 0 aliphatic heterocycles. The molecule has 3 heteroatoms. The number of halogens is 1. The molecule has 0 heterocycles. The molecule has 1 amide bonds. The molecule has 0 aromatic carbocycles. The van der Waals surface area contributed by atoms with Gasteiger partial charge in [-0.05, 0) is 12.8 Å². The summed E-state index contributed by atoms with van der Waals surface area (Å²) in [6, 6.07) is 0. The Labute approximate surface area is 73.3 Å². The van der Waals surface area contributed by atoms with Crippen LogP contribution < -0.4 is 5.32 Å². The van der Waals surface area contributed by atoms with Crippen molar-refractivity contribution in [2.45, 2.75) is 32.6 Å². The molecule has 0 bridgehead atoms. The van der Waals surface area contributed by atoms with E-state index in [4.69, 9.17) is 11.6 Å². The molecule has 66 valence electrons. The first kappa shape index (κ1) is 10.8. The smallest absolute Gasteiger partial charge is 0.219 e. The van der Waals surface area contributed by atoms with Crippen LogP contribution in [0.1, 0.15) is 32.6 Å². The van der Waals surface area contributed by atoms with Crippen LogP contribution in [0.25, 0.3) is 0 Å². The van der Waals surface area contributed by atoms with Crippen molar-refractivity contribution < 1.29 is 4.79 Å². The van der Waals surface area contributed by atoms with Crippen molar-refractivity contribution in [2.75, 3.05) is 12.4 Å². The molecule has 0 aromatic rings. The number of alkyl halides is 1. The van der Waals surface area contributed by atoms with Gasteiger partial charge >= 0.3 is 0 Å². The van der Waals surface area contributed by atoms with E-state index < -0.39 is 0 Å². The summed E-state index contributed by atoms with van der Waals surface area (Å²) >= 11 is 5.44. The third-order valence-electron chi connectivity index (χ3n) is 1.39. The van der Waals surface area contributed by atoms with Crippen molar-refractivity contribution in [3.63, 3.8) is 0 Å². The Morgan fingerprint density at radius 1 is 1.45 bits per heavy atom. The zero-order chi connectivity index (χ0) is 8.53. The highest BCUT2D eigenvalue weighted by atomic mass is 35.5. The molecule has 0 spiro atoms. The molecule has 1 N–H and O–H groups in total. The maximum Gasteiger partial charge on any atom is 0.219 e. The van der Waals surface area contributed by atoms with E-state index >= 15 is 0 Å². The van der Waals surface area contributed by atoms with Crippen molar-refractivity contribution in [3.8, 4) is 0 Å². The molecule has 0 radical (unpaired) electrons. The summed E-state index contributed by atoms with van der Waals surface area (Å²) in [5.74, 6) is 0.769. The molecule has 0 atom stereocenters. The predicted octanol–water partition coefficient (Wildman–Crippen LogP) is 1.92. The third-order valence-corrected chi connectivity index (χ3v) is 1.66. The molecular formula is C8H16ClNO. The molecule has 0 rings (SSSR count). The lowest BCUT2D eigenvalue weighted by Gasteiger charge is -2.01. The van der Waals surface area contributed by atoms with E-state index in [2.05, 4.69) is 12.2 Å². The van der Waals surface area contributed by atoms with Gasteiger partial charge in [-0.2, -0.15) is 0 Å². The molecular weight excluding hydrogens is 162 g/mol. The van der Waals surface area contributed by atoms with Gasteiger partial charge in [0.25, 0.3) is 0 Å². The van der Waals surface area contributed by atoms with Gasteiger partial charge in [0.1, 0.15) is 0 Å². The largest absolute Gasteiger partial charge is 0.356 e. The minimum absolute atomic E-state index is 0.150. The van der Waals surface area contributed by atoms with Gasteiger partial charge in [-0.15, -0.1) is 11.6 Å². The van der Waals surface area contributed by atoms with E-state index in [0.717, 1.165) is 19.3 Å². The Morgan fingerprint density at radius 3 is 2.73 bits per heavy atom. The fraction of sp³-hybridized carbons (Fsp3) is 0.875. The van der Waals surface area contributed by atoms with Crippen molar-refractivity contribution in [2.24, 2.45) is 0 Å². The van der Waals surface area contributed by atoms with Gasteiger partial charge in [-0.25, -0.2) is 0 Å². The number of amides is 1. The molecule has 0 saturated carbocycles. The average Bonchev–Trinajstić information content (AvgIpc) is 2.01. The number of rotatable bonds is 6. The van der Waals surface area contributed by atoms with Gasteiger partial charge in [0, 0.05) is 18.8 Å². The van der Waals surface area contributed by atoms with Crippen molar-refractivity contribution >= 4 is 17.5 Å². The van der Waals surface area contributed by atoms with Crippen LogP contribution >= 0.6 is 11.6 Å². The molecule has 11 heavy (non-hydrogen) atoms. The van der Waals surface area contributed by atoms with Crippen LogP contribution in [0.5, 0.6) is 0 Å². The highest BCUT2D eigenvalue weighted by molar-refractivity contribution is 6.17. The van der Waals surface area contributed by atoms with Gasteiger partial charge in [-0.3, -0.25) is 4.79 Å². The van der Waals surface area contributed by atoms with Crippen LogP contribution in [0.3, 0.4) is 0 Å². The number of hydrogen-bond donors (Lipinski definition) is 1. The summed E-state index contributed by atoms with van der Waals surface area (Å²) in [5, 5.41) is 2.80. The lowest BCUT2D eigenvalue weighted by Crippen LogP contribution is -2.24. The highest BCUT2D eigenvalue weighted by Crippen LogP contribution is 1.93. The molecule has 0 fully saturated rings. The van der Waals surface area contributed by atoms with Crippen LogP contribution in [0, 0.1) is 0 Å². The zero-order valence-electron chi connectivity index (χ0n) is 7.03. The number of carbonyl (C=O) groups excluding carboxylic acids is 1. The fourth-order valence-electron chi connectivity index (χ4n) is 0.720. The first-order chi connectivity index (χ1) is 5.31. The average molecular weight is 178 g/mol. The summed E-state index contributed by atoms with van der Waals surface area (Å²) in [6.45, 7) is 2.79. The summed E-state index contributed by atoms with van der Waals surface area (Å²) in [7, 11) is 0. The number of carbonyl (C=O) groups is 1. The minimum Gasteiger partial charge on any atom is -0.356 e. The van der Waals surface area contributed by atoms with Crippen LogP contribution in [0.2, 0.25) is 0 Å². The van der Waals surface area contributed by atoms with E-state index in [9.17, 15) is 4.79 Å². The topological polar surface area (TPSA) is 29.1 Å². The molecule has 0 saturated heterocycles. The summed E-state index contributed by atoms with van der Waals surface area (Å²) in [4.78, 5) is 10.9. The van der Waals surface area contributed by atoms with E-state index in [1.54, 1.807) is 0 Å². The SMILES string of the molecule is CCCCC(=O)NCCCCl. The second-order valence-corrected chi connectivity index (χ2v) is 2.87. The third kappa shape index (κ3) is 7.66. The normalized spacial score (nSPS) is 9.64. The maximum absolute atomic E-state index is 10.9. The van der Waals surface area contributed by atoms with E-state index in [-0.39, 0.29) is 5.91 Å². The molecule has 0 unspecified atom stereocenters. The highest BCUT2D eigenvalue weighted by Gasteiger charge is 1.97. The maximum atomic E-state index is 10.9. The standard InChI is InChI=1S/C8H16ClNO/c1-2-3-5-8(11)10-7-4-6-9/h2-7H2,1H3,(H,10,11). The van der Waals surface area contributed by atoms with Gasteiger partial charge in [0.2, 0.25) is 5.91 Å². The fourth-order valence-corrected chi connectivity index (χ4v) is 0.854. The second-order valence-electron chi connectivity index (χ2n) is 2.50. The summed E-state index contributed by atoms with van der Waals surface area (Å²) in [5.41, 5.74) is 0. The Hall–Kier alpha value is -0.240. The molecule has 0 aromatic heterocycles. The monoisotopic (exact) mass is 177 g/mol. The van der Waals surface area contributed by atoms with Gasteiger partial charge < -0.3 is 5.32 Å². The number of nitrogens with one attached hydrogen (secondary N) is 1. The van der Waals surface area contributed by atoms with E-state index in [1.807, 2.05) is 0 Å². The molecule has 0 aliphatic carbocycles. The lowest BCUT2D eigenvalue weighted by atomic mass is 10.2. The Kier molecular flexibility index (Phi) is 7.69. The van der Waals surface area contributed by atoms with E-state index in [1.165, 1.54) is 0 Å². The first-order valence-corrected chi connectivity index (χ1v) is 4.67. The molecule has 0 aliphatic rings. The van der Waals surface area contributed by atoms with Crippen molar-refractivity contribution in [1.29, 1.82) is 0 Å². The lowest BCUT2D eigenvalue weighted by molar-refractivity contribution is -0.121. The van der Waals surface area contributed by atoms with Crippen LogP contribution in [-0.4, -0.2) is 18.3 Å². The molecule has 2 nitrogen and oxygen atoms in total. The minimum atomic E-state index is 0.150. The van der Waals surface area contributed by atoms with Gasteiger partial charge in [0.05, 0.1) is 0 Å². The summed E-state index contributed by atoms with van der Waals surface area (Å²) < 4.78 is 0. The van der Waals surface area contributed by atoms with Crippen molar-refractivity contribution in [1.82, 2.24) is 5.32 Å². The Balaban J connectivity index is 3.09. The Morgan fingerprint density at radius 2 is 2.18 bits per heavy atom. The quantitative estimate of drug-likeness (QED) is 0.488.